The van der Waals surface area contributed by atoms with E-state index in [1.54, 1.807) is 7.11 Å². The number of ether oxygens (including phenoxy) is 1. The van der Waals surface area contributed by atoms with Crippen molar-refractivity contribution >= 4 is 0 Å². The van der Waals surface area contributed by atoms with Gasteiger partial charge in [-0.3, -0.25) is 0 Å². The Bertz CT molecular complexity index is 347. The molecule has 0 aliphatic heterocycles. The van der Waals surface area contributed by atoms with Gasteiger partial charge in [0, 0.05) is 6.07 Å². The van der Waals surface area contributed by atoms with E-state index in [-0.39, 0.29) is 5.54 Å². The molecule has 4 heteroatoms. The lowest BCUT2D eigenvalue weighted by Crippen LogP contribution is -2.44. The summed E-state index contributed by atoms with van der Waals surface area (Å²) < 4.78 is 5.09. The summed E-state index contributed by atoms with van der Waals surface area (Å²) in [6, 6.07) is 1.84. The molecule has 2 rings (SSSR count). The minimum atomic E-state index is -0.235. The highest BCUT2D eigenvalue weighted by molar-refractivity contribution is 5.24. The van der Waals surface area contributed by atoms with Crippen LogP contribution in [-0.4, -0.2) is 17.1 Å². The predicted molar refractivity (Wildman–Crippen MR) is 53.0 cm³/mol. The molecule has 0 atom stereocenters. The third-order valence-electron chi connectivity index (χ3n) is 2.78. The van der Waals surface area contributed by atoms with Gasteiger partial charge in [-0.15, -0.1) is 0 Å². The van der Waals surface area contributed by atoms with Gasteiger partial charge in [0.05, 0.1) is 18.3 Å². The van der Waals surface area contributed by atoms with E-state index in [2.05, 4.69) is 9.97 Å². The maximum Gasteiger partial charge on any atom is 0.216 e. The Balaban J connectivity index is 2.37. The van der Waals surface area contributed by atoms with Crippen LogP contribution in [0.25, 0.3) is 0 Å². The van der Waals surface area contributed by atoms with Crippen LogP contribution in [0.3, 0.4) is 0 Å². The zero-order valence-corrected chi connectivity index (χ0v) is 8.58. The molecule has 1 saturated carbocycles. The fourth-order valence-electron chi connectivity index (χ4n) is 1.71. The minimum Gasteiger partial charge on any atom is -0.481 e. The van der Waals surface area contributed by atoms with Crippen LogP contribution in [-0.2, 0) is 5.54 Å². The van der Waals surface area contributed by atoms with Gasteiger partial charge in [-0.25, -0.2) is 4.98 Å². The van der Waals surface area contributed by atoms with Gasteiger partial charge in [-0.05, 0) is 26.2 Å². The summed E-state index contributed by atoms with van der Waals surface area (Å²) in [6.07, 6.45) is 3.20. The number of nitrogens with zero attached hydrogens (tertiary/aromatic N) is 2. The first kappa shape index (κ1) is 9.40. The van der Waals surface area contributed by atoms with Crippen LogP contribution in [0.1, 0.15) is 30.8 Å². The van der Waals surface area contributed by atoms with Crippen molar-refractivity contribution in [3.8, 4) is 5.88 Å². The fraction of sp³-hybridized carbons (Fsp3) is 0.600. The first-order chi connectivity index (χ1) is 6.64. The second-order valence-corrected chi connectivity index (χ2v) is 3.85. The van der Waals surface area contributed by atoms with Crippen LogP contribution in [0.15, 0.2) is 6.07 Å². The molecule has 1 fully saturated rings. The van der Waals surface area contributed by atoms with E-state index in [0.717, 1.165) is 24.4 Å². The Hall–Kier alpha value is -1.16. The van der Waals surface area contributed by atoms with Crippen molar-refractivity contribution in [1.29, 1.82) is 0 Å². The number of aryl methyl sites for hydroxylation is 1. The molecule has 1 aromatic heterocycles. The summed E-state index contributed by atoms with van der Waals surface area (Å²) in [5.74, 6) is 1.32. The molecule has 0 unspecified atom stereocenters. The fourth-order valence-corrected chi connectivity index (χ4v) is 1.71. The van der Waals surface area contributed by atoms with Gasteiger partial charge >= 0.3 is 0 Å². The average molecular weight is 193 g/mol. The molecular weight excluding hydrogens is 178 g/mol. The van der Waals surface area contributed by atoms with Gasteiger partial charge in [0.15, 0.2) is 0 Å². The Morgan fingerprint density at radius 3 is 2.64 bits per heavy atom. The Morgan fingerprint density at radius 1 is 1.43 bits per heavy atom. The van der Waals surface area contributed by atoms with Gasteiger partial charge in [-0.1, -0.05) is 0 Å². The van der Waals surface area contributed by atoms with E-state index >= 15 is 0 Å². The molecule has 14 heavy (non-hydrogen) atoms. The van der Waals surface area contributed by atoms with Crippen molar-refractivity contribution in [1.82, 2.24) is 9.97 Å². The molecule has 0 bridgehead atoms. The van der Waals surface area contributed by atoms with E-state index in [1.165, 1.54) is 6.42 Å². The normalized spacial score (nSPS) is 18.8. The lowest BCUT2D eigenvalue weighted by molar-refractivity contribution is 0.244. The quantitative estimate of drug-likeness (QED) is 0.764. The molecule has 0 radical (unpaired) electrons. The van der Waals surface area contributed by atoms with Crippen LogP contribution < -0.4 is 10.5 Å². The summed E-state index contributed by atoms with van der Waals surface area (Å²) in [4.78, 5) is 8.49. The van der Waals surface area contributed by atoms with Crippen molar-refractivity contribution < 1.29 is 4.74 Å². The predicted octanol–water partition coefficient (Wildman–Crippen LogP) is 1.13. The Labute approximate surface area is 83.5 Å². The number of hydrogen-bond acceptors (Lipinski definition) is 4. The first-order valence-corrected chi connectivity index (χ1v) is 4.83. The van der Waals surface area contributed by atoms with Crippen molar-refractivity contribution in [3.05, 3.63) is 17.6 Å². The molecule has 4 nitrogen and oxygen atoms in total. The van der Waals surface area contributed by atoms with Crippen molar-refractivity contribution in [3.63, 3.8) is 0 Å². The zero-order chi connectivity index (χ0) is 10.2. The summed E-state index contributed by atoms with van der Waals surface area (Å²) >= 11 is 0. The summed E-state index contributed by atoms with van der Waals surface area (Å²) in [5.41, 5.74) is 6.85. The van der Waals surface area contributed by atoms with Crippen LogP contribution in [0.2, 0.25) is 0 Å². The molecule has 0 spiro atoms. The largest absolute Gasteiger partial charge is 0.481 e. The van der Waals surface area contributed by atoms with E-state index in [9.17, 15) is 0 Å². The lowest BCUT2D eigenvalue weighted by Gasteiger charge is -2.37. The number of aromatic nitrogens is 2. The maximum absolute atomic E-state index is 6.17. The molecule has 0 amide bonds. The standard InChI is InChI=1S/C10H15N3O/c1-7-12-8(6-9(13-7)14-2)10(11)4-3-5-10/h6H,3-5,11H2,1-2H3. The van der Waals surface area contributed by atoms with Gasteiger partial charge < -0.3 is 10.5 Å². The lowest BCUT2D eigenvalue weighted by atomic mass is 9.75. The second-order valence-electron chi connectivity index (χ2n) is 3.85. The Morgan fingerprint density at radius 2 is 2.14 bits per heavy atom. The maximum atomic E-state index is 6.17. The number of nitrogens with two attached hydrogens (primary N) is 1. The first-order valence-electron chi connectivity index (χ1n) is 4.83. The molecule has 0 saturated heterocycles. The van der Waals surface area contributed by atoms with Crippen LogP contribution in [0, 0.1) is 6.92 Å². The second kappa shape index (κ2) is 3.20. The SMILES string of the molecule is COc1cc(C2(N)CCC2)nc(C)n1. The van der Waals surface area contributed by atoms with Crippen LogP contribution in [0.4, 0.5) is 0 Å². The smallest absolute Gasteiger partial charge is 0.216 e. The summed E-state index contributed by atoms with van der Waals surface area (Å²) in [5, 5.41) is 0. The highest BCUT2D eigenvalue weighted by atomic mass is 16.5. The van der Waals surface area contributed by atoms with Crippen molar-refractivity contribution in [2.45, 2.75) is 31.7 Å². The van der Waals surface area contributed by atoms with E-state index in [1.807, 2.05) is 13.0 Å². The highest BCUT2D eigenvalue weighted by Gasteiger charge is 2.36. The average Bonchev–Trinajstić information content (AvgIpc) is 2.13. The minimum absolute atomic E-state index is 0.235. The third kappa shape index (κ3) is 1.46. The molecule has 1 heterocycles. The van der Waals surface area contributed by atoms with E-state index in [0.29, 0.717) is 5.88 Å². The number of methoxy groups -OCH3 is 1. The number of hydrogen-bond donors (Lipinski definition) is 1. The zero-order valence-electron chi connectivity index (χ0n) is 8.58. The van der Waals surface area contributed by atoms with Gasteiger partial charge in [0.1, 0.15) is 5.82 Å². The van der Waals surface area contributed by atoms with Crippen molar-refractivity contribution in [2.75, 3.05) is 7.11 Å². The van der Waals surface area contributed by atoms with Crippen LogP contribution in [0.5, 0.6) is 5.88 Å². The topological polar surface area (TPSA) is 61.0 Å². The highest BCUT2D eigenvalue weighted by Crippen LogP contribution is 2.38. The molecule has 2 N–H and O–H groups in total. The van der Waals surface area contributed by atoms with Crippen molar-refractivity contribution in [2.24, 2.45) is 5.73 Å². The van der Waals surface area contributed by atoms with Gasteiger partial charge in [0.25, 0.3) is 0 Å². The summed E-state index contributed by atoms with van der Waals surface area (Å²) in [6.45, 7) is 1.86. The number of rotatable bonds is 2. The molecular formula is C10H15N3O. The molecule has 1 aliphatic carbocycles. The molecule has 0 aromatic carbocycles. The summed E-state index contributed by atoms with van der Waals surface area (Å²) in [7, 11) is 1.61. The van der Waals surface area contributed by atoms with Gasteiger partial charge in [-0.2, -0.15) is 4.98 Å². The van der Waals surface area contributed by atoms with E-state index in [4.69, 9.17) is 10.5 Å². The van der Waals surface area contributed by atoms with E-state index < -0.39 is 0 Å². The third-order valence-corrected chi connectivity index (χ3v) is 2.78. The van der Waals surface area contributed by atoms with Crippen LogP contribution >= 0.6 is 0 Å². The Kier molecular flexibility index (Phi) is 2.15. The molecule has 1 aromatic rings. The molecule has 76 valence electrons. The molecule has 1 aliphatic rings. The van der Waals surface area contributed by atoms with Gasteiger partial charge in [0.2, 0.25) is 5.88 Å². The monoisotopic (exact) mass is 193 g/mol.